The van der Waals surface area contributed by atoms with Crippen LogP contribution in [0.2, 0.25) is 0 Å². The number of anilines is 1. The van der Waals surface area contributed by atoms with Crippen molar-refractivity contribution in [1.29, 1.82) is 0 Å². The van der Waals surface area contributed by atoms with Crippen LogP contribution in [0.4, 0.5) is 5.82 Å². The third-order valence-corrected chi connectivity index (χ3v) is 1.85. The number of nitrogen functional groups attached to an aromatic ring is 1. The smallest absolute Gasteiger partial charge is 0.151 e. The van der Waals surface area contributed by atoms with Crippen LogP contribution in [0.5, 0.6) is 0 Å². The summed E-state index contributed by atoms with van der Waals surface area (Å²) in [7, 11) is 0. The van der Waals surface area contributed by atoms with Crippen molar-refractivity contribution in [1.82, 2.24) is 9.97 Å². The van der Waals surface area contributed by atoms with Crippen LogP contribution < -0.4 is 11.3 Å². The highest BCUT2D eigenvalue weighted by atomic mass is 35.5. The highest BCUT2D eigenvalue weighted by Crippen LogP contribution is 2.18. The summed E-state index contributed by atoms with van der Waals surface area (Å²) in [4.78, 5) is 8.45. The van der Waals surface area contributed by atoms with Gasteiger partial charge in [0.1, 0.15) is 5.82 Å². The fourth-order valence-corrected chi connectivity index (χ4v) is 1.30. The van der Waals surface area contributed by atoms with Crippen LogP contribution in [0, 0.1) is 6.92 Å². The number of nitrogens with zero attached hydrogens (tertiary/aromatic N) is 2. The van der Waals surface area contributed by atoms with Crippen LogP contribution in [0.1, 0.15) is 5.82 Å². The lowest BCUT2D eigenvalue weighted by Gasteiger charge is -2.04. The van der Waals surface area contributed by atoms with Crippen LogP contribution >= 0.6 is 24.8 Å². The SMILES string of the molecule is Cc1nc(NN)c2ccccc2n1.Cl.Cl. The van der Waals surface area contributed by atoms with Crippen molar-refractivity contribution < 1.29 is 0 Å². The number of fused-ring (bicyclic) bond motifs is 1. The molecule has 0 spiro atoms. The number of rotatable bonds is 1. The molecule has 0 atom stereocenters. The minimum absolute atomic E-state index is 0. The number of para-hydroxylation sites is 1. The number of aryl methyl sites for hydroxylation is 1. The number of hydrogen-bond donors (Lipinski definition) is 2. The number of halogens is 2. The van der Waals surface area contributed by atoms with Gasteiger partial charge in [0.05, 0.1) is 5.52 Å². The van der Waals surface area contributed by atoms with Crippen molar-refractivity contribution in [2.75, 3.05) is 5.43 Å². The first-order chi connectivity index (χ1) is 6.31. The number of nitrogens with one attached hydrogen (secondary N) is 1. The summed E-state index contributed by atoms with van der Waals surface area (Å²) in [6.07, 6.45) is 0. The van der Waals surface area contributed by atoms with E-state index in [9.17, 15) is 0 Å². The summed E-state index contributed by atoms with van der Waals surface area (Å²) < 4.78 is 0. The molecule has 3 N–H and O–H groups in total. The maximum absolute atomic E-state index is 5.34. The first kappa shape index (κ1) is 13.9. The van der Waals surface area contributed by atoms with Crippen molar-refractivity contribution in [3.05, 3.63) is 30.1 Å². The fourth-order valence-electron chi connectivity index (χ4n) is 1.30. The Morgan fingerprint density at radius 2 is 1.80 bits per heavy atom. The van der Waals surface area contributed by atoms with Gasteiger partial charge in [-0.3, -0.25) is 0 Å². The molecule has 1 aromatic heterocycles. The Labute approximate surface area is 100 Å². The van der Waals surface area contributed by atoms with Gasteiger partial charge in [0, 0.05) is 5.39 Å². The van der Waals surface area contributed by atoms with Crippen LogP contribution in [0.15, 0.2) is 24.3 Å². The predicted molar refractivity (Wildman–Crippen MR) is 66.6 cm³/mol. The molecule has 0 amide bonds. The number of nitrogens with two attached hydrogens (primary N) is 1. The van der Waals surface area contributed by atoms with Crippen molar-refractivity contribution in [2.45, 2.75) is 6.92 Å². The molecule has 0 aliphatic carbocycles. The van der Waals surface area contributed by atoms with E-state index in [0.29, 0.717) is 11.6 Å². The summed E-state index contributed by atoms with van der Waals surface area (Å²) in [6.45, 7) is 1.84. The molecule has 4 nitrogen and oxygen atoms in total. The second kappa shape index (κ2) is 5.70. The second-order valence-corrected chi connectivity index (χ2v) is 2.78. The number of benzene rings is 1. The Kier molecular flexibility index (Phi) is 5.28. The molecule has 0 saturated heterocycles. The van der Waals surface area contributed by atoms with E-state index < -0.39 is 0 Å². The third kappa shape index (κ3) is 2.68. The zero-order chi connectivity index (χ0) is 9.26. The maximum Gasteiger partial charge on any atom is 0.151 e. The molecule has 0 radical (unpaired) electrons. The monoisotopic (exact) mass is 246 g/mol. The van der Waals surface area contributed by atoms with Crippen LogP contribution in [-0.4, -0.2) is 9.97 Å². The Hall–Kier alpha value is -1.10. The molecule has 0 unspecified atom stereocenters. The Balaban J connectivity index is 0.000000980. The van der Waals surface area contributed by atoms with E-state index in [1.807, 2.05) is 31.2 Å². The second-order valence-electron chi connectivity index (χ2n) is 2.78. The van der Waals surface area contributed by atoms with Crippen LogP contribution in [-0.2, 0) is 0 Å². The number of aromatic nitrogens is 2. The standard InChI is InChI=1S/C9H10N4.2ClH/c1-6-11-8-5-3-2-4-7(8)9(12-6)13-10;;/h2-5H,10H2,1H3,(H,11,12,13);2*1H. The molecule has 6 heteroatoms. The van der Waals surface area contributed by atoms with E-state index in [0.717, 1.165) is 10.9 Å². The zero-order valence-electron chi connectivity index (χ0n) is 8.10. The van der Waals surface area contributed by atoms with Gasteiger partial charge in [-0.15, -0.1) is 24.8 Å². The van der Waals surface area contributed by atoms with Gasteiger partial charge in [-0.05, 0) is 19.1 Å². The summed E-state index contributed by atoms with van der Waals surface area (Å²) >= 11 is 0. The minimum Gasteiger partial charge on any atom is -0.308 e. The summed E-state index contributed by atoms with van der Waals surface area (Å²) in [5, 5.41) is 0.940. The molecule has 0 aliphatic heterocycles. The molecule has 1 heterocycles. The maximum atomic E-state index is 5.34. The molecule has 82 valence electrons. The molecule has 2 aromatic rings. The third-order valence-electron chi connectivity index (χ3n) is 1.85. The highest BCUT2D eigenvalue weighted by Gasteiger charge is 2.02. The lowest BCUT2D eigenvalue weighted by Crippen LogP contribution is -2.10. The average molecular weight is 247 g/mol. The molecule has 0 saturated carbocycles. The van der Waals surface area contributed by atoms with Crippen molar-refractivity contribution in [3.8, 4) is 0 Å². The van der Waals surface area contributed by atoms with Gasteiger partial charge in [-0.1, -0.05) is 12.1 Å². The zero-order valence-corrected chi connectivity index (χ0v) is 9.73. The largest absolute Gasteiger partial charge is 0.308 e. The Morgan fingerprint density at radius 3 is 2.47 bits per heavy atom. The van der Waals surface area contributed by atoms with Gasteiger partial charge in [-0.2, -0.15) is 0 Å². The Bertz CT molecular complexity index is 447. The van der Waals surface area contributed by atoms with Crippen molar-refractivity contribution in [3.63, 3.8) is 0 Å². The average Bonchev–Trinajstić information content (AvgIpc) is 2.16. The van der Waals surface area contributed by atoms with E-state index in [1.165, 1.54) is 0 Å². The van der Waals surface area contributed by atoms with E-state index in [1.54, 1.807) is 0 Å². The summed E-state index contributed by atoms with van der Waals surface area (Å²) in [5.41, 5.74) is 3.47. The van der Waals surface area contributed by atoms with Gasteiger partial charge in [0.15, 0.2) is 5.82 Å². The molecular weight excluding hydrogens is 235 g/mol. The number of hydrogen-bond acceptors (Lipinski definition) is 4. The molecule has 0 bridgehead atoms. The predicted octanol–water partition coefficient (Wildman–Crippen LogP) is 2.07. The van der Waals surface area contributed by atoms with Gasteiger partial charge < -0.3 is 5.43 Å². The normalized spacial score (nSPS) is 8.93. The topological polar surface area (TPSA) is 63.8 Å². The minimum atomic E-state index is 0. The molecule has 0 fully saturated rings. The van der Waals surface area contributed by atoms with E-state index in [2.05, 4.69) is 15.4 Å². The van der Waals surface area contributed by atoms with Crippen LogP contribution in [0.3, 0.4) is 0 Å². The van der Waals surface area contributed by atoms with Gasteiger partial charge in [-0.25, -0.2) is 15.8 Å². The highest BCUT2D eigenvalue weighted by molar-refractivity contribution is 5.88. The molecule has 0 aliphatic rings. The lowest BCUT2D eigenvalue weighted by atomic mass is 10.2. The molecule has 15 heavy (non-hydrogen) atoms. The van der Waals surface area contributed by atoms with Gasteiger partial charge in [0.2, 0.25) is 0 Å². The van der Waals surface area contributed by atoms with Crippen molar-refractivity contribution in [2.24, 2.45) is 5.84 Å². The first-order valence-electron chi connectivity index (χ1n) is 4.01. The summed E-state index contributed by atoms with van der Waals surface area (Å²) in [5.74, 6) is 6.73. The number of hydrazine groups is 1. The van der Waals surface area contributed by atoms with E-state index in [-0.39, 0.29) is 24.8 Å². The lowest BCUT2D eigenvalue weighted by molar-refractivity contribution is 1.08. The van der Waals surface area contributed by atoms with Gasteiger partial charge >= 0.3 is 0 Å². The van der Waals surface area contributed by atoms with Gasteiger partial charge in [0.25, 0.3) is 0 Å². The molecule has 2 rings (SSSR count). The molecular formula is C9H12Cl2N4. The quantitative estimate of drug-likeness (QED) is 0.598. The van der Waals surface area contributed by atoms with Crippen molar-refractivity contribution >= 4 is 41.5 Å². The summed E-state index contributed by atoms with van der Waals surface area (Å²) in [6, 6.07) is 7.74. The Morgan fingerprint density at radius 1 is 1.13 bits per heavy atom. The molecule has 1 aromatic carbocycles. The fraction of sp³-hybridized carbons (Fsp3) is 0.111. The van der Waals surface area contributed by atoms with E-state index >= 15 is 0 Å². The van der Waals surface area contributed by atoms with Crippen LogP contribution in [0.25, 0.3) is 10.9 Å². The van der Waals surface area contributed by atoms with E-state index in [4.69, 9.17) is 5.84 Å². The first-order valence-corrected chi connectivity index (χ1v) is 4.01.